The molecule has 1 fully saturated rings. The maximum atomic E-state index is 4.69. The number of hydrogen-bond donors (Lipinski definition) is 2. The fraction of sp³-hybridized carbons (Fsp3) is 0.529. The number of nitrogens with zero attached hydrogens (tertiary/aromatic N) is 2. The molecule has 0 bridgehead atoms. The summed E-state index contributed by atoms with van der Waals surface area (Å²) in [7, 11) is 0. The van der Waals surface area contributed by atoms with Gasteiger partial charge in [0.25, 0.3) is 0 Å². The lowest BCUT2D eigenvalue weighted by molar-refractivity contribution is 0.349. The lowest BCUT2D eigenvalue weighted by Crippen LogP contribution is -2.31. The standard InChI is InChI=1S/C17H24N4/c1-4-18-16-19-13-9-6-5-8-12(13)15(21-16)20-14-10-7-11-17(14,2)3/h5-6,8-9,14H,4,7,10-11H2,1-3H3,(H2,18,19,20,21). The molecule has 0 spiro atoms. The zero-order chi connectivity index (χ0) is 14.9. The van der Waals surface area contributed by atoms with Crippen molar-refractivity contribution >= 4 is 22.7 Å². The van der Waals surface area contributed by atoms with Gasteiger partial charge in [0.2, 0.25) is 5.95 Å². The van der Waals surface area contributed by atoms with Crippen molar-refractivity contribution in [3.63, 3.8) is 0 Å². The highest BCUT2D eigenvalue weighted by atomic mass is 15.1. The number of hydrogen-bond acceptors (Lipinski definition) is 4. The van der Waals surface area contributed by atoms with E-state index in [1.54, 1.807) is 0 Å². The summed E-state index contributed by atoms with van der Waals surface area (Å²) >= 11 is 0. The summed E-state index contributed by atoms with van der Waals surface area (Å²) < 4.78 is 0. The monoisotopic (exact) mass is 284 g/mol. The molecular formula is C17H24N4. The maximum absolute atomic E-state index is 4.69. The molecule has 0 radical (unpaired) electrons. The number of rotatable bonds is 4. The zero-order valence-electron chi connectivity index (χ0n) is 13.1. The quantitative estimate of drug-likeness (QED) is 0.889. The highest BCUT2D eigenvalue weighted by Gasteiger charge is 2.34. The third kappa shape index (κ3) is 2.80. The molecule has 1 heterocycles. The number of para-hydroxylation sites is 1. The van der Waals surface area contributed by atoms with Gasteiger partial charge < -0.3 is 10.6 Å². The van der Waals surface area contributed by atoms with E-state index < -0.39 is 0 Å². The molecule has 1 unspecified atom stereocenters. The molecule has 4 heteroatoms. The first-order valence-electron chi connectivity index (χ1n) is 7.87. The third-order valence-electron chi connectivity index (χ3n) is 4.51. The molecular weight excluding hydrogens is 260 g/mol. The van der Waals surface area contributed by atoms with Crippen LogP contribution in [0.1, 0.15) is 40.0 Å². The van der Waals surface area contributed by atoms with E-state index in [2.05, 4.69) is 47.4 Å². The van der Waals surface area contributed by atoms with Gasteiger partial charge in [-0.15, -0.1) is 0 Å². The minimum absolute atomic E-state index is 0.324. The Bertz CT molecular complexity index is 636. The number of aromatic nitrogens is 2. The summed E-state index contributed by atoms with van der Waals surface area (Å²) in [5, 5.41) is 8.00. The lowest BCUT2D eigenvalue weighted by atomic mass is 9.87. The van der Waals surface area contributed by atoms with Gasteiger partial charge in [-0.3, -0.25) is 0 Å². The summed E-state index contributed by atoms with van der Waals surface area (Å²) in [6.45, 7) is 7.57. The Hall–Kier alpha value is -1.84. The first kappa shape index (κ1) is 14.1. The van der Waals surface area contributed by atoms with Crippen LogP contribution in [0.25, 0.3) is 10.9 Å². The van der Waals surface area contributed by atoms with Crippen molar-refractivity contribution in [2.24, 2.45) is 5.41 Å². The second kappa shape index (κ2) is 5.51. The Labute approximate surface area is 126 Å². The van der Waals surface area contributed by atoms with E-state index >= 15 is 0 Å². The Morgan fingerprint density at radius 3 is 2.76 bits per heavy atom. The predicted octanol–water partition coefficient (Wildman–Crippen LogP) is 4.05. The predicted molar refractivity (Wildman–Crippen MR) is 88.7 cm³/mol. The van der Waals surface area contributed by atoms with Crippen molar-refractivity contribution in [3.8, 4) is 0 Å². The van der Waals surface area contributed by atoms with Crippen LogP contribution in [0.2, 0.25) is 0 Å². The smallest absolute Gasteiger partial charge is 0.225 e. The van der Waals surface area contributed by atoms with E-state index in [1.807, 2.05) is 18.2 Å². The molecule has 4 nitrogen and oxygen atoms in total. The van der Waals surface area contributed by atoms with Crippen molar-refractivity contribution in [2.75, 3.05) is 17.2 Å². The number of anilines is 2. The summed E-state index contributed by atoms with van der Waals surface area (Å²) in [5.74, 6) is 1.66. The molecule has 1 aliphatic carbocycles. The van der Waals surface area contributed by atoms with Crippen molar-refractivity contribution in [2.45, 2.75) is 46.1 Å². The van der Waals surface area contributed by atoms with Gasteiger partial charge >= 0.3 is 0 Å². The summed E-state index contributed by atoms with van der Waals surface area (Å²) in [6, 6.07) is 8.68. The van der Waals surface area contributed by atoms with E-state index in [0.29, 0.717) is 17.4 Å². The molecule has 2 aromatic rings. The molecule has 1 aromatic carbocycles. The molecule has 1 saturated carbocycles. The van der Waals surface area contributed by atoms with Crippen LogP contribution in [0.4, 0.5) is 11.8 Å². The zero-order valence-corrected chi connectivity index (χ0v) is 13.1. The summed E-state index contributed by atoms with van der Waals surface area (Å²) in [5.41, 5.74) is 1.31. The average molecular weight is 284 g/mol. The first-order valence-corrected chi connectivity index (χ1v) is 7.87. The van der Waals surface area contributed by atoms with Crippen molar-refractivity contribution in [1.82, 2.24) is 9.97 Å². The van der Waals surface area contributed by atoms with E-state index in [-0.39, 0.29) is 0 Å². The van der Waals surface area contributed by atoms with E-state index in [0.717, 1.165) is 23.3 Å². The molecule has 1 atom stereocenters. The van der Waals surface area contributed by atoms with Crippen LogP contribution in [0, 0.1) is 5.41 Å². The highest BCUT2D eigenvalue weighted by Crippen LogP contribution is 2.39. The number of nitrogens with one attached hydrogen (secondary N) is 2. The van der Waals surface area contributed by atoms with Gasteiger partial charge in [-0.1, -0.05) is 32.4 Å². The minimum atomic E-state index is 0.324. The Morgan fingerprint density at radius 2 is 2.05 bits per heavy atom. The van der Waals surface area contributed by atoms with Crippen LogP contribution in [-0.2, 0) is 0 Å². The summed E-state index contributed by atoms with van der Waals surface area (Å²) in [6.07, 6.45) is 3.77. The van der Waals surface area contributed by atoms with Crippen LogP contribution in [0.15, 0.2) is 24.3 Å². The van der Waals surface area contributed by atoms with Gasteiger partial charge in [0, 0.05) is 18.0 Å². The second-order valence-corrected chi connectivity index (χ2v) is 6.52. The van der Waals surface area contributed by atoms with Crippen molar-refractivity contribution < 1.29 is 0 Å². The molecule has 3 rings (SSSR count). The maximum Gasteiger partial charge on any atom is 0.225 e. The lowest BCUT2D eigenvalue weighted by Gasteiger charge is -2.28. The minimum Gasteiger partial charge on any atom is -0.366 e. The van der Waals surface area contributed by atoms with Crippen molar-refractivity contribution in [3.05, 3.63) is 24.3 Å². The van der Waals surface area contributed by atoms with Gasteiger partial charge in [0.1, 0.15) is 5.82 Å². The van der Waals surface area contributed by atoms with Crippen LogP contribution in [-0.4, -0.2) is 22.6 Å². The normalized spacial score (nSPS) is 20.6. The molecule has 112 valence electrons. The molecule has 1 aliphatic rings. The molecule has 0 amide bonds. The van der Waals surface area contributed by atoms with Gasteiger partial charge in [-0.25, -0.2) is 4.98 Å². The fourth-order valence-electron chi connectivity index (χ4n) is 3.18. The van der Waals surface area contributed by atoms with Gasteiger partial charge in [-0.05, 0) is 37.3 Å². The van der Waals surface area contributed by atoms with E-state index in [1.165, 1.54) is 19.3 Å². The van der Waals surface area contributed by atoms with Gasteiger partial charge in [0.05, 0.1) is 5.52 Å². The van der Waals surface area contributed by atoms with Crippen LogP contribution in [0.5, 0.6) is 0 Å². The molecule has 21 heavy (non-hydrogen) atoms. The van der Waals surface area contributed by atoms with Gasteiger partial charge in [-0.2, -0.15) is 4.98 Å². The van der Waals surface area contributed by atoms with E-state index in [9.17, 15) is 0 Å². The molecule has 2 N–H and O–H groups in total. The molecule has 0 saturated heterocycles. The van der Waals surface area contributed by atoms with Crippen LogP contribution < -0.4 is 10.6 Å². The fourth-order valence-corrected chi connectivity index (χ4v) is 3.18. The topological polar surface area (TPSA) is 49.8 Å². The Balaban J connectivity index is 1.99. The number of benzene rings is 1. The molecule has 1 aromatic heterocycles. The van der Waals surface area contributed by atoms with Crippen LogP contribution >= 0.6 is 0 Å². The average Bonchev–Trinajstić information content (AvgIpc) is 2.78. The number of fused-ring (bicyclic) bond motifs is 1. The Morgan fingerprint density at radius 1 is 1.24 bits per heavy atom. The largest absolute Gasteiger partial charge is 0.366 e. The SMILES string of the molecule is CCNc1nc(NC2CCCC2(C)C)c2ccccc2n1. The van der Waals surface area contributed by atoms with Gasteiger partial charge in [0.15, 0.2) is 0 Å². The van der Waals surface area contributed by atoms with E-state index in [4.69, 9.17) is 0 Å². The first-order chi connectivity index (χ1) is 10.1. The highest BCUT2D eigenvalue weighted by molar-refractivity contribution is 5.90. The molecule has 0 aliphatic heterocycles. The van der Waals surface area contributed by atoms with Crippen molar-refractivity contribution in [1.29, 1.82) is 0 Å². The second-order valence-electron chi connectivity index (χ2n) is 6.52. The van der Waals surface area contributed by atoms with Crippen LogP contribution in [0.3, 0.4) is 0 Å². The third-order valence-corrected chi connectivity index (χ3v) is 4.51. The Kier molecular flexibility index (Phi) is 3.70. The summed E-state index contributed by atoms with van der Waals surface area (Å²) in [4.78, 5) is 9.26.